The van der Waals surface area contributed by atoms with E-state index in [4.69, 9.17) is 5.26 Å². The predicted octanol–water partition coefficient (Wildman–Crippen LogP) is 0.654. The van der Waals surface area contributed by atoms with Gasteiger partial charge in [0.25, 0.3) is 0 Å². The molecule has 3 rings (SSSR count). The van der Waals surface area contributed by atoms with E-state index in [1.54, 1.807) is 4.90 Å². The number of hydrogen-bond acceptors (Lipinski definition) is 5. The first kappa shape index (κ1) is 17.9. The average molecular weight is 346 g/mol. The van der Waals surface area contributed by atoms with Crippen molar-refractivity contribution in [3.05, 3.63) is 0 Å². The Labute approximate surface area is 148 Å². The van der Waals surface area contributed by atoms with Gasteiger partial charge in [-0.05, 0) is 25.7 Å². The molecule has 1 saturated carbocycles. The fourth-order valence-electron chi connectivity index (χ4n) is 4.94. The zero-order valence-corrected chi connectivity index (χ0v) is 15.4. The normalized spacial score (nSPS) is 36.7. The van der Waals surface area contributed by atoms with E-state index in [-0.39, 0.29) is 30.3 Å². The number of nitrogens with one attached hydrogen (secondary N) is 1. The van der Waals surface area contributed by atoms with E-state index in [1.807, 2.05) is 20.8 Å². The molecule has 136 valence electrons. The predicted molar refractivity (Wildman–Crippen MR) is 90.0 cm³/mol. The Kier molecular flexibility index (Phi) is 3.95. The molecular weight excluding hydrogens is 320 g/mol. The largest absolute Gasteiger partial charge is 0.326 e. The van der Waals surface area contributed by atoms with Gasteiger partial charge in [0, 0.05) is 19.0 Å². The van der Waals surface area contributed by atoms with Crippen LogP contribution in [0.2, 0.25) is 0 Å². The lowest BCUT2D eigenvalue weighted by Gasteiger charge is -2.53. The Hall–Kier alpha value is -1.94. The molecule has 3 fully saturated rings. The van der Waals surface area contributed by atoms with Gasteiger partial charge in [-0.15, -0.1) is 0 Å². The molecule has 3 atom stereocenters. The highest BCUT2D eigenvalue weighted by atomic mass is 16.2. The lowest BCUT2D eigenvalue weighted by molar-refractivity contribution is -0.170. The van der Waals surface area contributed by atoms with Crippen LogP contribution in [-0.4, -0.2) is 59.2 Å². The summed E-state index contributed by atoms with van der Waals surface area (Å²) < 4.78 is 0. The Morgan fingerprint density at radius 3 is 2.60 bits per heavy atom. The second kappa shape index (κ2) is 5.53. The Morgan fingerprint density at radius 2 is 1.96 bits per heavy atom. The number of likely N-dealkylation sites (N-methyl/N-ethyl adjacent to an activating group) is 1. The zero-order valence-electron chi connectivity index (χ0n) is 15.4. The van der Waals surface area contributed by atoms with Crippen LogP contribution in [0.25, 0.3) is 0 Å². The van der Waals surface area contributed by atoms with Crippen molar-refractivity contribution in [1.29, 1.82) is 5.26 Å². The molecule has 0 aromatic rings. The summed E-state index contributed by atoms with van der Waals surface area (Å²) in [4.78, 5) is 41.1. The van der Waals surface area contributed by atoms with Crippen molar-refractivity contribution in [2.24, 2.45) is 10.8 Å². The molecule has 2 aliphatic heterocycles. The number of rotatable bonds is 3. The highest BCUT2D eigenvalue weighted by Gasteiger charge is 2.71. The average Bonchev–Trinajstić information content (AvgIpc) is 3.12. The molecule has 0 unspecified atom stereocenters. The van der Waals surface area contributed by atoms with Crippen molar-refractivity contribution in [1.82, 2.24) is 15.1 Å². The van der Waals surface area contributed by atoms with E-state index in [2.05, 4.69) is 11.4 Å². The molecule has 7 heteroatoms. The minimum Gasteiger partial charge on any atom is -0.326 e. The van der Waals surface area contributed by atoms with Crippen LogP contribution in [0.4, 0.5) is 0 Å². The van der Waals surface area contributed by atoms with Gasteiger partial charge in [-0.25, -0.2) is 0 Å². The number of carbonyl (C=O) groups excluding carboxylic acids is 3. The molecular formula is C18H26N4O3. The third kappa shape index (κ3) is 2.10. The summed E-state index contributed by atoms with van der Waals surface area (Å²) in [5.41, 5.74) is -2.16. The van der Waals surface area contributed by atoms with E-state index < -0.39 is 16.4 Å². The van der Waals surface area contributed by atoms with Crippen LogP contribution >= 0.6 is 0 Å². The van der Waals surface area contributed by atoms with Gasteiger partial charge in [0.05, 0.1) is 18.0 Å². The van der Waals surface area contributed by atoms with Crippen LogP contribution in [0, 0.1) is 22.2 Å². The van der Waals surface area contributed by atoms with Crippen LogP contribution in [0.5, 0.6) is 0 Å². The molecule has 3 aliphatic rings. The third-order valence-electron chi connectivity index (χ3n) is 7.16. The van der Waals surface area contributed by atoms with Gasteiger partial charge in [-0.3, -0.25) is 24.6 Å². The zero-order chi connectivity index (χ0) is 18.6. The molecule has 25 heavy (non-hydrogen) atoms. The summed E-state index contributed by atoms with van der Waals surface area (Å²) in [6.07, 6.45) is 2.67. The van der Waals surface area contributed by atoms with Crippen LogP contribution in [0.1, 0.15) is 46.5 Å². The lowest BCUT2D eigenvalue weighted by Crippen LogP contribution is -2.72. The first-order valence-electron chi connectivity index (χ1n) is 8.89. The van der Waals surface area contributed by atoms with E-state index in [0.29, 0.717) is 25.8 Å². The number of hydrogen-bond donors (Lipinski definition) is 1. The minimum absolute atomic E-state index is 0.00542. The van der Waals surface area contributed by atoms with Gasteiger partial charge in [-0.2, -0.15) is 5.26 Å². The standard InChI is InChI=1S/C18H26N4O3/c1-16(2)17(3)7-8-18(16,15(25)21(4)14(17)24)20-11-13(23)22-9-5-6-12(22)10-19/h12,20H,5-9,11H2,1-4H3/t12-,17-,18-/m0/s1. The topological polar surface area (TPSA) is 93.5 Å². The van der Waals surface area contributed by atoms with Gasteiger partial charge in [0.15, 0.2) is 0 Å². The summed E-state index contributed by atoms with van der Waals surface area (Å²) >= 11 is 0. The van der Waals surface area contributed by atoms with Crippen LogP contribution in [0.15, 0.2) is 0 Å². The maximum Gasteiger partial charge on any atom is 0.249 e. The highest BCUT2D eigenvalue weighted by molar-refractivity contribution is 6.07. The first-order chi connectivity index (χ1) is 11.6. The molecule has 0 spiro atoms. The van der Waals surface area contributed by atoms with Crippen molar-refractivity contribution >= 4 is 17.7 Å². The van der Waals surface area contributed by atoms with Gasteiger partial charge in [-0.1, -0.05) is 20.8 Å². The highest BCUT2D eigenvalue weighted by Crippen LogP contribution is 2.61. The SMILES string of the molecule is CN1C(=O)[C@]2(C)CC[C@](NCC(=O)N3CCC[C@H]3C#N)(C1=O)C2(C)C. The number of piperidine rings is 1. The Bertz CT molecular complexity index is 682. The molecule has 3 amide bonds. The quantitative estimate of drug-likeness (QED) is 0.758. The van der Waals surface area contributed by atoms with Crippen LogP contribution in [-0.2, 0) is 14.4 Å². The number of likely N-dealkylation sites (tertiary alicyclic amines) is 2. The van der Waals surface area contributed by atoms with E-state index >= 15 is 0 Å². The molecule has 0 aromatic heterocycles. The smallest absolute Gasteiger partial charge is 0.249 e. The van der Waals surface area contributed by atoms with Gasteiger partial charge < -0.3 is 4.90 Å². The molecule has 0 radical (unpaired) electrons. The van der Waals surface area contributed by atoms with Crippen molar-refractivity contribution in [3.63, 3.8) is 0 Å². The number of amides is 3. The monoisotopic (exact) mass is 346 g/mol. The molecule has 7 nitrogen and oxygen atoms in total. The third-order valence-corrected chi connectivity index (χ3v) is 7.16. The molecule has 1 aliphatic carbocycles. The first-order valence-corrected chi connectivity index (χ1v) is 8.89. The molecule has 0 aromatic carbocycles. The van der Waals surface area contributed by atoms with Crippen molar-refractivity contribution in [2.75, 3.05) is 20.1 Å². The summed E-state index contributed by atoms with van der Waals surface area (Å²) in [5.74, 6) is -0.563. The van der Waals surface area contributed by atoms with Crippen molar-refractivity contribution in [2.45, 2.75) is 58.0 Å². The fourth-order valence-corrected chi connectivity index (χ4v) is 4.94. The van der Waals surface area contributed by atoms with E-state index in [1.165, 1.54) is 11.9 Å². The van der Waals surface area contributed by atoms with Gasteiger partial charge in [0.1, 0.15) is 11.6 Å². The number of nitrogens with zero attached hydrogens (tertiary/aromatic N) is 3. The lowest BCUT2D eigenvalue weighted by atomic mass is 9.59. The van der Waals surface area contributed by atoms with Gasteiger partial charge >= 0.3 is 0 Å². The van der Waals surface area contributed by atoms with E-state index in [9.17, 15) is 14.4 Å². The second-order valence-electron chi connectivity index (χ2n) is 8.26. The maximum atomic E-state index is 13.0. The van der Waals surface area contributed by atoms with Gasteiger partial charge in [0.2, 0.25) is 17.7 Å². The van der Waals surface area contributed by atoms with Crippen LogP contribution in [0.3, 0.4) is 0 Å². The number of nitriles is 1. The van der Waals surface area contributed by atoms with Crippen LogP contribution < -0.4 is 5.32 Å². The Morgan fingerprint density at radius 1 is 1.28 bits per heavy atom. The Balaban J connectivity index is 1.84. The summed E-state index contributed by atoms with van der Waals surface area (Å²) in [5, 5.41) is 12.4. The molecule has 2 saturated heterocycles. The van der Waals surface area contributed by atoms with Crippen molar-refractivity contribution in [3.8, 4) is 6.07 Å². The number of imide groups is 1. The maximum absolute atomic E-state index is 13.0. The fraction of sp³-hybridized carbons (Fsp3) is 0.778. The summed E-state index contributed by atoms with van der Waals surface area (Å²) in [6.45, 7) is 6.38. The number of fused-ring (bicyclic) bond motifs is 2. The minimum atomic E-state index is -0.929. The van der Waals surface area contributed by atoms with Crippen molar-refractivity contribution < 1.29 is 14.4 Å². The summed E-state index contributed by atoms with van der Waals surface area (Å²) in [6, 6.07) is 1.79. The summed E-state index contributed by atoms with van der Waals surface area (Å²) in [7, 11) is 1.52. The molecule has 2 heterocycles. The molecule has 1 N–H and O–H groups in total. The van der Waals surface area contributed by atoms with E-state index in [0.717, 1.165) is 6.42 Å². The second-order valence-corrected chi connectivity index (χ2v) is 8.26. The molecule has 2 bridgehead atoms. The number of carbonyl (C=O) groups is 3.